The predicted molar refractivity (Wildman–Crippen MR) is 52.3 cm³/mol. The van der Waals surface area contributed by atoms with Gasteiger partial charge in [-0.25, -0.2) is 0 Å². The van der Waals surface area contributed by atoms with Crippen molar-refractivity contribution in [2.75, 3.05) is 0 Å². The van der Waals surface area contributed by atoms with E-state index < -0.39 is 0 Å². The molecule has 13 heavy (non-hydrogen) atoms. The van der Waals surface area contributed by atoms with Crippen LogP contribution in [0.1, 0.15) is 34.6 Å². The highest BCUT2D eigenvalue weighted by molar-refractivity contribution is 5.89. The second kappa shape index (κ2) is 5.00. The smallest absolute Gasteiger partial charge is 0.217 e. The van der Waals surface area contributed by atoms with E-state index in [9.17, 15) is 9.59 Å². The molecule has 0 aromatic carbocycles. The Morgan fingerprint density at radius 2 is 1.54 bits per heavy atom. The van der Waals surface area contributed by atoms with Crippen LogP contribution in [-0.2, 0) is 9.59 Å². The van der Waals surface area contributed by atoms with Gasteiger partial charge in [-0.1, -0.05) is 27.7 Å². The summed E-state index contributed by atoms with van der Waals surface area (Å²) in [5, 5.41) is 2.67. The largest absolute Gasteiger partial charge is 0.346 e. The lowest BCUT2D eigenvalue weighted by Gasteiger charge is -2.21. The zero-order chi connectivity index (χ0) is 10.6. The third-order valence-corrected chi connectivity index (χ3v) is 1.90. The molecular formula is C10H19NO2. The molecule has 0 fully saturated rings. The highest BCUT2D eigenvalue weighted by atomic mass is 16.2. The molecule has 0 saturated carbocycles. The lowest BCUT2D eigenvalue weighted by Crippen LogP contribution is -2.45. The number of rotatable bonds is 4. The van der Waals surface area contributed by atoms with E-state index >= 15 is 0 Å². The van der Waals surface area contributed by atoms with Crippen LogP contribution >= 0.6 is 0 Å². The molecule has 3 heteroatoms. The topological polar surface area (TPSA) is 46.2 Å². The number of carbonyl (C=O) groups is 2. The first-order valence-electron chi connectivity index (χ1n) is 4.67. The molecule has 0 spiro atoms. The van der Waals surface area contributed by atoms with Gasteiger partial charge in [0.25, 0.3) is 0 Å². The molecule has 1 amide bonds. The maximum absolute atomic E-state index is 11.6. The van der Waals surface area contributed by atoms with Crippen LogP contribution in [0.2, 0.25) is 0 Å². The highest BCUT2D eigenvalue weighted by Crippen LogP contribution is 2.08. The van der Waals surface area contributed by atoms with Crippen molar-refractivity contribution >= 4 is 11.7 Å². The maximum Gasteiger partial charge on any atom is 0.217 e. The van der Waals surface area contributed by atoms with Gasteiger partial charge in [0.05, 0.1) is 6.04 Å². The second-order valence-electron chi connectivity index (χ2n) is 3.98. The fourth-order valence-electron chi connectivity index (χ4n) is 1.14. The normalized spacial score (nSPS) is 13.2. The van der Waals surface area contributed by atoms with Crippen molar-refractivity contribution in [1.29, 1.82) is 0 Å². The fraction of sp³-hybridized carbons (Fsp3) is 0.800. The van der Waals surface area contributed by atoms with Crippen molar-refractivity contribution in [1.82, 2.24) is 5.32 Å². The third-order valence-electron chi connectivity index (χ3n) is 1.90. The van der Waals surface area contributed by atoms with Crippen molar-refractivity contribution in [2.45, 2.75) is 40.7 Å². The third kappa shape index (κ3) is 4.06. The van der Waals surface area contributed by atoms with E-state index in [0.29, 0.717) is 0 Å². The van der Waals surface area contributed by atoms with Crippen molar-refractivity contribution in [3.8, 4) is 0 Å². The Bertz CT molecular complexity index is 197. The minimum atomic E-state index is -0.336. The molecule has 0 bridgehead atoms. The van der Waals surface area contributed by atoms with Crippen LogP contribution in [0, 0.1) is 11.8 Å². The molecule has 0 heterocycles. The first-order chi connectivity index (χ1) is 5.86. The number of hydrogen-bond acceptors (Lipinski definition) is 2. The van der Waals surface area contributed by atoms with Crippen LogP contribution in [-0.4, -0.2) is 17.7 Å². The maximum atomic E-state index is 11.6. The van der Waals surface area contributed by atoms with Gasteiger partial charge in [-0.2, -0.15) is 0 Å². The summed E-state index contributed by atoms with van der Waals surface area (Å²) in [5.41, 5.74) is 0. The predicted octanol–water partition coefficient (Wildman–Crippen LogP) is 1.37. The minimum Gasteiger partial charge on any atom is -0.346 e. The zero-order valence-corrected chi connectivity index (χ0v) is 9.05. The molecule has 0 aliphatic heterocycles. The molecule has 1 N–H and O–H groups in total. The molecule has 1 atom stereocenters. The lowest BCUT2D eigenvalue weighted by molar-refractivity contribution is -0.129. The van der Waals surface area contributed by atoms with Gasteiger partial charge in [-0.05, 0) is 5.92 Å². The van der Waals surface area contributed by atoms with Crippen LogP contribution in [0.5, 0.6) is 0 Å². The molecule has 0 aromatic rings. The van der Waals surface area contributed by atoms with Crippen LogP contribution in [0.3, 0.4) is 0 Å². The van der Waals surface area contributed by atoms with Crippen molar-refractivity contribution in [3.05, 3.63) is 0 Å². The summed E-state index contributed by atoms with van der Waals surface area (Å²) in [4.78, 5) is 22.4. The van der Waals surface area contributed by atoms with E-state index in [2.05, 4.69) is 5.32 Å². The molecule has 0 saturated heterocycles. The first-order valence-corrected chi connectivity index (χ1v) is 4.67. The average molecular weight is 185 g/mol. The Kier molecular flexibility index (Phi) is 4.67. The number of amides is 1. The Morgan fingerprint density at radius 3 is 1.77 bits per heavy atom. The molecule has 0 rings (SSSR count). The Labute approximate surface area is 79.9 Å². The van der Waals surface area contributed by atoms with E-state index in [4.69, 9.17) is 0 Å². The van der Waals surface area contributed by atoms with E-state index in [1.165, 1.54) is 6.92 Å². The van der Waals surface area contributed by atoms with Gasteiger partial charge in [0, 0.05) is 12.8 Å². The van der Waals surface area contributed by atoms with Crippen molar-refractivity contribution in [3.63, 3.8) is 0 Å². The molecular weight excluding hydrogens is 166 g/mol. The SMILES string of the molecule is CC(=O)NC(C(=O)C(C)C)C(C)C. The Morgan fingerprint density at radius 1 is 1.08 bits per heavy atom. The molecule has 76 valence electrons. The van der Waals surface area contributed by atoms with Gasteiger partial charge < -0.3 is 5.32 Å². The number of hydrogen-bond donors (Lipinski definition) is 1. The molecule has 0 aliphatic carbocycles. The summed E-state index contributed by atoms with van der Waals surface area (Å²) in [6.45, 7) is 8.99. The molecule has 3 nitrogen and oxygen atoms in total. The summed E-state index contributed by atoms with van der Waals surface area (Å²) < 4.78 is 0. The van der Waals surface area contributed by atoms with Gasteiger partial charge >= 0.3 is 0 Å². The summed E-state index contributed by atoms with van der Waals surface area (Å²) in [6.07, 6.45) is 0. The lowest BCUT2D eigenvalue weighted by atomic mass is 9.93. The number of carbonyl (C=O) groups excluding carboxylic acids is 2. The van der Waals surface area contributed by atoms with Crippen LogP contribution in [0.4, 0.5) is 0 Å². The van der Waals surface area contributed by atoms with Gasteiger partial charge in [-0.3, -0.25) is 9.59 Å². The Balaban J connectivity index is 4.42. The van der Waals surface area contributed by atoms with Gasteiger partial charge in [0.2, 0.25) is 5.91 Å². The van der Waals surface area contributed by atoms with Crippen LogP contribution < -0.4 is 5.32 Å². The highest BCUT2D eigenvalue weighted by Gasteiger charge is 2.24. The van der Waals surface area contributed by atoms with E-state index in [0.717, 1.165) is 0 Å². The molecule has 0 radical (unpaired) electrons. The summed E-state index contributed by atoms with van der Waals surface area (Å²) in [6, 6.07) is -0.336. The number of Topliss-reactive ketones (excluding diaryl/α,β-unsaturated/α-hetero) is 1. The average Bonchev–Trinajstić information content (AvgIpc) is 1.97. The zero-order valence-electron chi connectivity index (χ0n) is 9.05. The van der Waals surface area contributed by atoms with Gasteiger partial charge in [0.15, 0.2) is 5.78 Å². The van der Waals surface area contributed by atoms with Gasteiger partial charge in [0.1, 0.15) is 0 Å². The first kappa shape index (κ1) is 12.1. The standard InChI is InChI=1S/C10H19NO2/c1-6(2)9(11-8(5)12)10(13)7(3)4/h6-7,9H,1-5H3,(H,11,12). The molecule has 0 aliphatic rings. The second-order valence-corrected chi connectivity index (χ2v) is 3.98. The Hall–Kier alpha value is -0.860. The van der Waals surface area contributed by atoms with E-state index in [1.54, 1.807) is 0 Å². The monoisotopic (exact) mass is 185 g/mol. The minimum absolute atomic E-state index is 0.0285. The summed E-state index contributed by atoms with van der Waals surface area (Å²) >= 11 is 0. The molecule has 0 aromatic heterocycles. The fourth-order valence-corrected chi connectivity index (χ4v) is 1.14. The van der Waals surface area contributed by atoms with Gasteiger partial charge in [-0.15, -0.1) is 0 Å². The molecule has 1 unspecified atom stereocenters. The number of nitrogens with one attached hydrogen (secondary N) is 1. The van der Waals surface area contributed by atoms with E-state index in [1.807, 2.05) is 27.7 Å². The quantitative estimate of drug-likeness (QED) is 0.719. The van der Waals surface area contributed by atoms with Crippen molar-refractivity contribution in [2.24, 2.45) is 11.8 Å². The van der Waals surface area contributed by atoms with Crippen LogP contribution in [0.25, 0.3) is 0 Å². The summed E-state index contributed by atoms with van der Waals surface area (Å²) in [7, 11) is 0. The number of ketones is 1. The van der Waals surface area contributed by atoms with Crippen LogP contribution in [0.15, 0.2) is 0 Å². The van der Waals surface area contributed by atoms with Crippen molar-refractivity contribution < 1.29 is 9.59 Å². The summed E-state index contributed by atoms with van der Waals surface area (Å²) in [5.74, 6) is 0.0796. The van der Waals surface area contributed by atoms with E-state index in [-0.39, 0.29) is 29.6 Å².